The number of hydrogen-bond acceptors (Lipinski definition) is 0. The fourth-order valence-corrected chi connectivity index (χ4v) is 2.70. The highest BCUT2D eigenvalue weighted by Crippen LogP contribution is 2.50. The van der Waals surface area contributed by atoms with Gasteiger partial charge < -0.3 is 0 Å². The molecule has 3 unspecified atom stereocenters. The largest absolute Gasteiger partial charge is 0.296 e. The molecular formula is C6H6Br2ClF3. The third-order valence-electron chi connectivity index (χ3n) is 1.83. The van der Waals surface area contributed by atoms with E-state index in [2.05, 4.69) is 31.9 Å². The average Bonchev–Trinajstić information content (AvgIpc) is 1.82. The molecule has 0 spiro atoms. The van der Waals surface area contributed by atoms with Gasteiger partial charge in [-0.15, -0.1) is 0 Å². The molecule has 0 aromatic carbocycles. The summed E-state index contributed by atoms with van der Waals surface area (Å²) in [7, 11) is 0. The molecule has 3 atom stereocenters. The van der Waals surface area contributed by atoms with Crippen LogP contribution in [0.25, 0.3) is 0 Å². The highest BCUT2D eigenvalue weighted by atomic mass is 79.9. The maximum Gasteiger partial charge on any atom is 0.296 e. The Kier molecular flexibility index (Phi) is 3.07. The zero-order valence-corrected chi connectivity index (χ0v) is 9.76. The number of hydrogen-bond donors (Lipinski definition) is 0. The quantitative estimate of drug-likeness (QED) is 0.592. The van der Waals surface area contributed by atoms with E-state index in [9.17, 15) is 13.2 Å². The first-order valence-electron chi connectivity index (χ1n) is 3.30. The highest BCUT2D eigenvalue weighted by Gasteiger charge is 2.59. The second-order valence-corrected chi connectivity index (χ2v) is 5.80. The summed E-state index contributed by atoms with van der Waals surface area (Å²) in [4.78, 5) is -0.783. The zero-order valence-electron chi connectivity index (χ0n) is 5.84. The van der Waals surface area contributed by atoms with Gasteiger partial charge in [-0.25, -0.2) is 13.2 Å². The molecule has 1 rings (SSSR count). The SMILES string of the molecule is FC1(F)CC(Br)C(Br)CC1(F)Cl. The van der Waals surface area contributed by atoms with E-state index in [-0.39, 0.29) is 4.83 Å². The molecule has 0 radical (unpaired) electrons. The minimum atomic E-state index is -3.45. The van der Waals surface area contributed by atoms with Gasteiger partial charge in [-0.05, 0) is 0 Å². The lowest BCUT2D eigenvalue weighted by Gasteiger charge is -2.37. The summed E-state index contributed by atoms with van der Waals surface area (Å²) in [5.74, 6) is -3.45. The minimum absolute atomic E-state index is 0.348. The van der Waals surface area contributed by atoms with Crippen LogP contribution in [0.5, 0.6) is 0 Å². The van der Waals surface area contributed by atoms with Gasteiger partial charge in [-0.2, -0.15) is 0 Å². The van der Waals surface area contributed by atoms with Crippen molar-refractivity contribution in [3.63, 3.8) is 0 Å². The van der Waals surface area contributed by atoms with Gasteiger partial charge in [0.1, 0.15) is 0 Å². The van der Waals surface area contributed by atoms with Crippen molar-refractivity contribution in [3.05, 3.63) is 0 Å². The molecule has 72 valence electrons. The average molecular weight is 330 g/mol. The molecule has 0 aliphatic heterocycles. The van der Waals surface area contributed by atoms with Crippen molar-refractivity contribution in [2.24, 2.45) is 0 Å². The second kappa shape index (κ2) is 3.31. The van der Waals surface area contributed by atoms with Crippen LogP contribution in [0.4, 0.5) is 13.2 Å². The smallest absolute Gasteiger partial charge is 0.219 e. The molecule has 0 heterocycles. The van der Waals surface area contributed by atoms with Crippen molar-refractivity contribution >= 4 is 43.5 Å². The minimum Gasteiger partial charge on any atom is -0.219 e. The Morgan fingerprint density at radius 2 is 1.50 bits per heavy atom. The number of alkyl halides is 6. The standard InChI is InChI=1S/C6H6Br2ClF3/c7-3-1-5(9,10)6(11,12)2-4(3)8/h3-4H,1-2H2. The monoisotopic (exact) mass is 328 g/mol. The van der Waals surface area contributed by atoms with Crippen LogP contribution >= 0.6 is 43.5 Å². The predicted molar refractivity (Wildman–Crippen MR) is 49.3 cm³/mol. The normalized spacial score (nSPS) is 47.5. The maximum absolute atomic E-state index is 13.0. The Hall–Kier alpha value is 1.04. The van der Waals surface area contributed by atoms with Crippen LogP contribution in [0.1, 0.15) is 12.8 Å². The first-order chi connectivity index (χ1) is 5.26. The van der Waals surface area contributed by atoms with E-state index in [0.717, 1.165) is 0 Å². The number of halogens is 6. The summed E-state index contributed by atoms with van der Waals surface area (Å²) in [6, 6.07) is 0. The van der Waals surface area contributed by atoms with Crippen LogP contribution < -0.4 is 0 Å². The predicted octanol–water partition coefficient (Wildman–Crippen LogP) is 3.85. The van der Waals surface area contributed by atoms with Crippen molar-refractivity contribution < 1.29 is 13.2 Å². The summed E-state index contributed by atoms with van der Waals surface area (Å²) in [5.41, 5.74) is 0. The van der Waals surface area contributed by atoms with Crippen molar-refractivity contribution in [2.75, 3.05) is 0 Å². The Morgan fingerprint density at radius 3 is 1.92 bits per heavy atom. The molecule has 0 aromatic heterocycles. The molecule has 12 heavy (non-hydrogen) atoms. The summed E-state index contributed by atoms with van der Waals surface area (Å²) in [5, 5.41) is -2.91. The van der Waals surface area contributed by atoms with Crippen LogP contribution in [-0.4, -0.2) is 20.7 Å². The molecular weight excluding hydrogens is 324 g/mol. The Morgan fingerprint density at radius 1 is 1.08 bits per heavy atom. The van der Waals surface area contributed by atoms with Gasteiger partial charge in [0.15, 0.2) is 0 Å². The molecule has 0 saturated heterocycles. The lowest BCUT2D eigenvalue weighted by atomic mass is 9.94. The summed E-state index contributed by atoms with van der Waals surface area (Å²) >= 11 is 11.2. The molecule has 0 N–H and O–H groups in total. The van der Waals surface area contributed by atoms with Gasteiger partial charge in [-0.1, -0.05) is 43.5 Å². The molecule has 6 heteroatoms. The molecule has 0 aromatic rings. The fraction of sp³-hybridized carbons (Fsp3) is 1.00. The van der Waals surface area contributed by atoms with E-state index in [1.54, 1.807) is 0 Å². The van der Waals surface area contributed by atoms with Crippen LogP contribution in [0.15, 0.2) is 0 Å². The van der Waals surface area contributed by atoms with Gasteiger partial charge in [0.2, 0.25) is 5.13 Å². The van der Waals surface area contributed by atoms with Crippen LogP contribution in [0.2, 0.25) is 0 Å². The molecule has 0 bridgehead atoms. The Balaban J connectivity index is 2.80. The van der Waals surface area contributed by atoms with E-state index < -0.39 is 28.7 Å². The lowest BCUT2D eigenvalue weighted by Crippen LogP contribution is -2.49. The first kappa shape index (κ1) is 11.1. The molecule has 0 amide bonds. The van der Waals surface area contributed by atoms with Crippen molar-refractivity contribution in [1.29, 1.82) is 0 Å². The van der Waals surface area contributed by atoms with E-state index in [1.165, 1.54) is 0 Å². The Bertz CT molecular complexity index is 166. The summed E-state index contributed by atoms with van der Waals surface area (Å²) in [6.45, 7) is 0. The molecule has 1 aliphatic carbocycles. The van der Waals surface area contributed by atoms with Gasteiger partial charge in [0, 0.05) is 22.5 Å². The van der Waals surface area contributed by atoms with E-state index in [4.69, 9.17) is 11.6 Å². The molecule has 1 saturated carbocycles. The van der Waals surface area contributed by atoms with Gasteiger partial charge in [0.25, 0.3) is 5.92 Å². The Labute approximate surface area is 90.1 Å². The second-order valence-electron chi connectivity index (χ2n) is 2.85. The van der Waals surface area contributed by atoms with Crippen LogP contribution in [0.3, 0.4) is 0 Å². The fourth-order valence-electron chi connectivity index (χ4n) is 1.04. The molecule has 0 nitrogen and oxygen atoms in total. The van der Waals surface area contributed by atoms with Gasteiger partial charge in [-0.3, -0.25) is 0 Å². The maximum atomic E-state index is 13.0. The van der Waals surface area contributed by atoms with Crippen molar-refractivity contribution in [2.45, 2.75) is 33.5 Å². The van der Waals surface area contributed by atoms with Crippen molar-refractivity contribution in [1.82, 2.24) is 0 Å². The zero-order chi connectivity index (χ0) is 9.57. The summed E-state index contributed by atoms with van der Waals surface area (Å²) in [6.07, 6.45) is -0.972. The molecule has 1 fully saturated rings. The lowest BCUT2D eigenvalue weighted by molar-refractivity contribution is -0.115. The summed E-state index contributed by atoms with van der Waals surface area (Å²) < 4.78 is 38.7. The van der Waals surface area contributed by atoms with Crippen molar-refractivity contribution in [3.8, 4) is 0 Å². The van der Waals surface area contributed by atoms with Gasteiger partial charge in [0.05, 0.1) is 0 Å². The van der Waals surface area contributed by atoms with E-state index in [1.807, 2.05) is 0 Å². The van der Waals surface area contributed by atoms with E-state index >= 15 is 0 Å². The van der Waals surface area contributed by atoms with E-state index in [0.29, 0.717) is 0 Å². The number of rotatable bonds is 0. The van der Waals surface area contributed by atoms with Crippen LogP contribution in [-0.2, 0) is 0 Å². The third kappa shape index (κ3) is 1.93. The highest BCUT2D eigenvalue weighted by molar-refractivity contribution is 9.12. The third-order valence-corrected chi connectivity index (χ3v) is 4.89. The molecule has 1 aliphatic rings. The first-order valence-corrected chi connectivity index (χ1v) is 5.51. The van der Waals surface area contributed by atoms with Crippen LogP contribution in [0, 0.1) is 0 Å². The van der Waals surface area contributed by atoms with Gasteiger partial charge >= 0.3 is 0 Å². The topological polar surface area (TPSA) is 0 Å².